The fraction of sp³-hybridized carbons (Fsp3) is 0.200. The molecule has 8 nitrogen and oxygen atoms in total. The summed E-state index contributed by atoms with van der Waals surface area (Å²) in [5.74, 6) is -3.35. The fourth-order valence-electron chi connectivity index (χ4n) is 1.48. The second-order valence-electron chi connectivity index (χ2n) is 4.02. The standard InChI is InChI=1S/C10H12ClFN4O4S/c11-6-1-5(13)2-7(10(6)12)21(19,20)16(3-8(14)17)4-9(15)18/h1-2H,3-4,13H2,(H2,14,17)(H2,15,18). The number of nitrogen functional groups attached to an aromatic ring is 1. The Labute approximate surface area is 124 Å². The van der Waals surface area contributed by atoms with Crippen LogP contribution in [0.5, 0.6) is 0 Å². The molecule has 0 fully saturated rings. The molecule has 2 amide bonds. The van der Waals surface area contributed by atoms with E-state index in [9.17, 15) is 22.4 Å². The summed E-state index contributed by atoms with van der Waals surface area (Å²) in [5.41, 5.74) is 15.1. The average Bonchev–Trinajstić information content (AvgIpc) is 2.31. The van der Waals surface area contributed by atoms with Gasteiger partial charge in [-0.3, -0.25) is 9.59 Å². The van der Waals surface area contributed by atoms with Crippen LogP contribution in [0.2, 0.25) is 5.02 Å². The van der Waals surface area contributed by atoms with E-state index in [2.05, 4.69) is 0 Å². The molecule has 1 aromatic carbocycles. The number of halogens is 2. The predicted octanol–water partition coefficient (Wildman–Crippen LogP) is -0.977. The molecule has 11 heteroatoms. The molecule has 1 aromatic rings. The Morgan fingerprint density at radius 2 is 1.67 bits per heavy atom. The van der Waals surface area contributed by atoms with Crippen LogP contribution in [0.4, 0.5) is 10.1 Å². The SMILES string of the molecule is NC(=O)CN(CC(N)=O)S(=O)(=O)c1cc(N)cc(Cl)c1F. The van der Waals surface area contributed by atoms with E-state index in [1.165, 1.54) is 0 Å². The summed E-state index contributed by atoms with van der Waals surface area (Å²) in [6, 6.07) is 1.83. The second-order valence-corrected chi connectivity index (χ2v) is 6.33. The van der Waals surface area contributed by atoms with Crippen LogP contribution >= 0.6 is 11.6 Å². The lowest BCUT2D eigenvalue weighted by atomic mass is 10.3. The number of rotatable bonds is 6. The van der Waals surface area contributed by atoms with Gasteiger partial charge in [0.25, 0.3) is 0 Å². The smallest absolute Gasteiger partial charge is 0.247 e. The van der Waals surface area contributed by atoms with Gasteiger partial charge < -0.3 is 17.2 Å². The highest BCUT2D eigenvalue weighted by atomic mass is 35.5. The number of carbonyl (C=O) groups is 2. The molecule has 116 valence electrons. The van der Waals surface area contributed by atoms with Gasteiger partial charge >= 0.3 is 0 Å². The van der Waals surface area contributed by atoms with E-state index in [1.807, 2.05) is 0 Å². The van der Waals surface area contributed by atoms with Crippen molar-refractivity contribution in [3.63, 3.8) is 0 Å². The molecule has 0 atom stereocenters. The zero-order valence-corrected chi connectivity index (χ0v) is 12.1. The summed E-state index contributed by atoms with van der Waals surface area (Å²) in [5, 5.41) is -0.522. The number of sulfonamides is 1. The molecule has 0 aliphatic heterocycles. The summed E-state index contributed by atoms with van der Waals surface area (Å²) >= 11 is 5.52. The van der Waals surface area contributed by atoms with Crippen molar-refractivity contribution in [2.75, 3.05) is 18.8 Å². The Hall–Kier alpha value is -1.91. The molecule has 0 spiro atoms. The van der Waals surface area contributed by atoms with Gasteiger partial charge in [0, 0.05) is 5.69 Å². The predicted molar refractivity (Wildman–Crippen MR) is 73.0 cm³/mol. The first kappa shape index (κ1) is 17.1. The number of anilines is 1. The van der Waals surface area contributed by atoms with Gasteiger partial charge in [0.1, 0.15) is 4.90 Å². The number of nitrogens with zero attached hydrogens (tertiary/aromatic N) is 1. The zero-order valence-electron chi connectivity index (χ0n) is 10.5. The summed E-state index contributed by atoms with van der Waals surface area (Å²) in [4.78, 5) is 20.9. The molecule has 0 radical (unpaired) electrons. The van der Waals surface area contributed by atoms with Crippen molar-refractivity contribution in [1.29, 1.82) is 0 Å². The Bertz CT molecular complexity index is 679. The van der Waals surface area contributed by atoms with Crippen LogP contribution in [0.3, 0.4) is 0 Å². The number of hydrogen-bond donors (Lipinski definition) is 3. The Kier molecular flexibility index (Phi) is 5.10. The van der Waals surface area contributed by atoms with Gasteiger partial charge in [0.15, 0.2) is 5.82 Å². The van der Waals surface area contributed by atoms with E-state index in [0.717, 1.165) is 12.1 Å². The van der Waals surface area contributed by atoms with E-state index in [-0.39, 0.29) is 5.69 Å². The van der Waals surface area contributed by atoms with Crippen molar-refractivity contribution in [3.05, 3.63) is 23.0 Å². The van der Waals surface area contributed by atoms with Crippen LogP contribution in [0.25, 0.3) is 0 Å². The number of amides is 2. The monoisotopic (exact) mass is 338 g/mol. The Morgan fingerprint density at radius 3 is 2.10 bits per heavy atom. The molecule has 0 aromatic heterocycles. The van der Waals surface area contributed by atoms with Crippen LogP contribution in [0.15, 0.2) is 17.0 Å². The number of primary amides is 2. The molecular formula is C10H12ClFN4O4S. The maximum absolute atomic E-state index is 13.9. The first-order valence-electron chi connectivity index (χ1n) is 5.37. The third kappa shape index (κ3) is 4.03. The minimum atomic E-state index is -4.57. The molecule has 0 saturated heterocycles. The Balaban J connectivity index is 3.41. The van der Waals surface area contributed by atoms with E-state index < -0.39 is 50.7 Å². The van der Waals surface area contributed by atoms with Crippen LogP contribution in [0, 0.1) is 5.82 Å². The van der Waals surface area contributed by atoms with Gasteiger partial charge in [-0.1, -0.05) is 11.6 Å². The van der Waals surface area contributed by atoms with Crippen molar-refractivity contribution >= 4 is 39.1 Å². The van der Waals surface area contributed by atoms with Crippen molar-refractivity contribution in [1.82, 2.24) is 4.31 Å². The minimum absolute atomic E-state index is 0.113. The third-order valence-corrected chi connectivity index (χ3v) is 4.37. The lowest BCUT2D eigenvalue weighted by molar-refractivity contribution is -0.120. The lowest BCUT2D eigenvalue weighted by Crippen LogP contribution is -2.43. The van der Waals surface area contributed by atoms with Crippen molar-refractivity contribution in [2.24, 2.45) is 11.5 Å². The number of nitrogens with two attached hydrogens (primary N) is 3. The highest BCUT2D eigenvalue weighted by Crippen LogP contribution is 2.27. The molecular weight excluding hydrogens is 327 g/mol. The van der Waals surface area contributed by atoms with Gasteiger partial charge in [-0.25, -0.2) is 12.8 Å². The number of hydrogen-bond acceptors (Lipinski definition) is 5. The molecule has 0 unspecified atom stereocenters. The van der Waals surface area contributed by atoms with E-state index in [0.29, 0.717) is 4.31 Å². The quantitative estimate of drug-likeness (QED) is 0.570. The first-order valence-corrected chi connectivity index (χ1v) is 7.18. The molecule has 0 saturated carbocycles. The summed E-state index contributed by atoms with van der Waals surface area (Å²) < 4.78 is 38.8. The number of carbonyl (C=O) groups excluding carboxylic acids is 2. The maximum Gasteiger partial charge on any atom is 0.247 e. The summed E-state index contributed by atoms with van der Waals surface area (Å²) in [6.45, 7) is -1.70. The molecule has 0 heterocycles. The van der Waals surface area contributed by atoms with Crippen LogP contribution in [-0.2, 0) is 19.6 Å². The molecule has 21 heavy (non-hydrogen) atoms. The molecule has 6 N–H and O–H groups in total. The molecule has 1 rings (SSSR count). The largest absolute Gasteiger partial charge is 0.399 e. The van der Waals surface area contributed by atoms with Gasteiger partial charge in [0.2, 0.25) is 21.8 Å². The lowest BCUT2D eigenvalue weighted by Gasteiger charge is -2.20. The molecule has 0 aliphatic rings. The van der Waals surface area contributed by atoms with Gasteiger partial charge in [-0.2, -0.15) is 4.31 Å². The molecule has 0 aliphatic carbocycles. The van der Waals surface area contributed by atoms with E-state index in [1.54, 1.807) is 0 Å². The summed E-state index contributed by atoms with van der Waals surface area (Å²) in [6.07, 6.45) is 0. The van der Waals surface area contributed by atoms with Crippen molar-refractivity contribution in [3.8, 4) is 0 Å². The fourth-order valence-corrected chi connectivity index (χ4v) is 3.26. The molecule has 0 bridgehead atoms. The second kappa shape index (κ2) is 6.24. The van der Waals surface area contributed by atoms with E-state index >= 15 is 0 Å². The number of benzene rings is 1. The zero-order chi connectivity index (χ0) is 16.4. The maximum atomic E-state index is 13.9. The minimum Gasteiger partial charge on any atom is -0.399 e. The van der Waals surface area contributed by atoms with Crippen molar-refractivity contribution < 1.29 is 22.4 Å². The van der Waals surface area contributed by atoms with Crippen molar-refractivity contribution in [2.45, 2.75) is 4.90 Å². The van der Waals surface area contributed by atoms with Crippen LogP contribution in [-0.4, -0.2) is 37.6 Å². The Morgan fingerprint density at radius 1 is 1.19 bits per heavy atom. The average molecular weight is 339 g/mol. The van der Waals surface area contributed by atoms with E-state index in [4.69, 9.17) is 28.8 Å². The van der Waals surface area contributed by atoms with Gasteiger partial charge in [-0.05, 0) is 12.1 Å². The highest BCUT2D eigenvalue weighted by Gasteiger charge is 2.31. The van der Waals surface area contributed by atoms with Crippen LogP contribution in [0.1, 0.15) is 0 Å². The van der Waals surface area contributed by atoms with Gasteiger partial charge in [0.05, 0.1) is 18.1 Å². The third-order valence-electron chi connectivity index (χ3n) is 2.30. The van der Waals surface area contributed by atoms with Crippen LogP contribution < -0.4 is 17.2 Å². The normalized spacial score (nSPS) is 11.6. The highest BCUT2D eigenvalue weighted by molar-refractivity contribution is 7.89. The topological polar surface area (TPSA) is 150 Å². The first-order chi connectivity index (χ1) is 9.55. The van der Waals surface area contributed by atoms with Gasteiger partial charge in [-0.15, -0.1) is 0 Å². The summed E-state index contributed by atoms with van der Waals surface area (Å²) in [7, 11) is -4.57.